The normalized spacial score (nSPS) is 26.4. The number of halogens is 1. The zero-order chi connectivity index (χ0) is 14.8. The molecule has 0 aliphatic heterocycles. The van der Waals surface area contributed by atoms with E-state index in [0.29, 0.717) is 5.92 Å². The van der Waals surface area contributed by atoms with Gasteiger partial charge >= 0.3 is 0 Å². The lowest BCUT2D eigenvalue weighted by Crippen LogP contribution is -2.42. The Balaban J connectivity index is 2.35. The lowest BCUT2D eigenvalue weighted by Gasteiger charge is -2.40. The van der Waals surface area contributed by atoms with Gasteiger partial charge in [-0.15, -0.1) is 0 Å². The van der Waals surface area contributed by atoms with E-state index in [0.717, 1.165) is 23.7 Å². The van der Waals surface area contributed by atoms with Gasteiger partial charge in [-0.1, -0.05) is 46.3 Å². The first kappa shape index (κ1) is 15.7. The van der Waals surface area contributed by atoms with E-state index in [-0.39, 0.29) is 11.7 Å². The molecule has 2 nitrogen and oxygen atoms in total. The first-order valence-corrected chi connectivity index (χ1v) is 8.18. The van der Waals surface area contributed by atoms with Gasteiger partial charge in [0.25, 0.3) is 0 Å². The fourth-order valence-electron chi connectivity index (χ4n) is 2.92. The maximum atomic E-state index is 10.4. The van der Waals surface area contributed by atoms with E-state index in [1.54, 1.807) is 7.11 Å². The highest BCUT2D eigenvalue weighted by Crippen LogP contribution is 2.42. The Bertz CT molecular complexity index is 477. The van der Waals surface area contributed by atoms with Crippen molar-refractivity contribution in [3.05, 3.63) is 41.5 Å². The van der Waals surface area contributed by atoms with Crippen LogP contribution in [0.1, 0.15) is 32.3 Å². The van der Waals surface area contributed by atoms with Gasteiger partial charge in [0.05, 0.1) is 11.7 Å². The number of aliphatic hydroxyl groups is 1. The molecule has 0 radical (unpaired) electrons. The fourth-order valence-corrected chi connectivity index (χ4v) is 3.61. The molecule has 110 valence electrons. The van der Waals surface area contributed by atoms with Crippen LogP contribution in [0.5, 0.6) is 0 Å². The molecule has 0 amide bonds. The maximum Gasteiger partial charge on any atom is 0.0779 e. The Morgan fingerprint density at radius 2 is 2.00 bits per heavy atom. The highest BCUT2D eigenvalue weighted by molar-refractivity contribution is 9.09. The number of benzene rings is 1. The summed E-state index contributed by atoms with van der Waals surface area (Å²) in [4.78, 5) is 0. The van der Waals surface area contributed by atoms with E-state index < -0.39 is 0 Å². The van der Waals surface area contributed by atoms with Crippen LogP contribution in [0, 0.1) is 5.92 Å². The van der Waals surface area contributed by atoms with Crippen LogP contribution in [0.15, 0.2) is 35.9 Å². The van der Waals surface area contributed by atoms with Crippen LogP contribution in [0.25, 0.3) is 5.57 Å². The van der Waals surface area contributed by atoms with Crippen LogP contribution >= 0.6 is 15.9 Å². The lowest BCUT2D eigenvalue weighted by molar-refractivity contribution is -0.0368. The van der Waals surface area contributed by atoms with Crippen molar-refractivity contribution in [2.75, 3.05) is 12.4 Å². The molecule has 3 heteroatoms. The molecular formula is C17H23BrO2. The zero-order valence-electron chi connectivity index (χ0n) is 12.4. The highest BCUT2D eigenvalue weighted by atomic mass is 79.9. The van der Waals surface area contributed by atoms with Crippen LogP contribution in [0.4, 0.5) is 0 Å². The number of alkyl halides is 1. The summed E-state index contributed by atoms with van der Waals surface area (Å²) >= 11 is 3.56. The standard InChI is InChI=1S/C17H23BrO2/c1-12-15(13-7-5-4-6-8-13)9-14(10-16(12)19)17(2,11-18)20-3/h4-8,14,16,19H,9-11H2,1-3H3/t14-,16-,17-/m1/s1. The monoisotopic (exact) mass is 338 g/mol. The van der Waals surface area contributed by atoms with Gasteiger partial charge in [-0.25, -0.2) is 0 Å². The summed E-state index contributed by atoms with van der Waals surface area (Å²) in [7, 11) is 1.75. The number of allylic oxidation sites excluding steroid dienone is 1. The first-order chi connectivity index (χ1) is 9.51. The minimum absolute atomic E-state index is 0.248. The summed E-state index contributed by atoms with van der Waals surface area (Å²) in [5, 5.41) is 11.2. The van der Waals surface area contributed by atoms with E-state index in [9.17, 15) is 5.11 Å². The molecule has 0 bridgehead atoms. The molecule has 1 aromatic rings. The Labute approximate surface area is 130 Å². The van der Waals surface area contributed by atoms with Gasteiger partial charge in [0.1, 0.15) is 0 Å². The predicted molar refractivity (Wildman–Crippen MR) is 87.0 cm³/mol. The van der Waals surface area contributed by atoms with Crippen molar-refractivity contribution in [1.82, 2.24) is 0 Å². The minimum Gasteiger partial charge on any atom is -0.389 e. The summed E-state index contributed by atoms with van der Waals surface area (Å²) in [5.41, 5.74) is 3.32. The van der Waals surface area contributed by atoms with Crippen LogP contribution in [-0.4, -0.2) is 29.3 Å². The largest absolute Gasteiger partial charge is 0.389 e. The third kappa shape index (κ3) is 3.00. The molecule has 1 aromatic carbocycles. The van der Waals surface area contributed by atoms with Gasteiger partial charge in [0.2, 0.25) is 0 Å². The second-order valence-corrected chi connectivity index (χ2v) is 6.39. The molecule has 1 aliphatic carbocycles. The maximum absolute atomic E-state index is 10.4. The molecule has 0 fully saturated rings. The summed E-state index contributed by atoms with van der Waals surface area (Å²) < 4.78 is 5.71. The molecule has 0 unspecified atom stereocenters. The van der Waals surface area contributed by atoms with Crippen LogP contribution in [0.2, 0.25) is 0 Å². The second kappa shape index (κ2) is 6.42. The number of methoxy groups -OCH3 is 1. The van der Waals surface area contributed by atoms with Gasteiger partial charge in [0, 0.05) is 12.4 Å². The van der Waals surface area contributed by atoms with Crippen molar-refractivity contribution in [3.63, 3.8) is 0 Å². The Kier molecular flexibility index (Phi) is 5.05. The van der Waals surface area contributed by atoms with Gasteiger partial charge in [-0.2, -0.15) is 0 Å². The smallest absolute Gasteiger partial charge is 0.0779 e. The Hall–Kier alpha value is -0.640. The average Bonchev–Trinajstić information content (AvgIpc) is 2.50. The molecule has 0 saturated heterocycles. The molecule has 0 heterocycles. The molecule has 20 heavy (non-hydrogen) atoms. The quantitative estimate of drug-likeness (QED) is 0.840. The van der Waals surface area contributed by atoms with E-state index in [4.69, 9.17) is 4.74 Å². The molecule has 0 saturated carbocycles. The van der Waals surface area contributed by atoms with Gasteiger partial charge in [-0.05, 0) is 49.3 Å². The van der Waals surface area contributed by atoms with Crippen molar-refractivity contribution in [3.8, 4) is 0 Å². The van der Waals surface area contributed by atoms with Crippen LogP contribution in [-0.2, 0) is 4.74 Å². The summed E-state index contributed by atoms with van der Waals surface area (Å²) in [6, 6.07) is 10.4. The molecule has 1 N–H and O–H groups in total. The molecule has 3 atom stereocenters. The summed E-state index contributed by atoms with van der Waals surface area (Å²) in [5.74, 6) is 0.306. The molecule has 1 aliphatic rings. The van der Waals surface area contributed by atoms with Gasteiger partial charge in [0.15, 0.2) is 0 Å². The third-order valence-electron chi connectivity index (χ3n) is 4.65. The summed E-state index contributed by atoms with van der Waals surface area (Å²) in [6.07, 6.45) is 1.33. The minimum atomic E-state index is -0.377. The molecule has 0 aromatic heterocycles. The zero-order valence-corrected chi connectivity index (χ0v) is 14.0. The number of rotatable bonds is 4. The number of hydrogen-bond acceptors (Lipinski definition) is 2. The highest BCUT2D eigenvalue weighted by Gasteiger charge is 2.38. The lowest BCUT2D eigenvalue weighted by atomic mass is 9.73. The number of hydrogen-bond donors (Lipinski definition) is 1. The Morgan fingerprint density at radius 1 is 1.35 bits per heavy atom. The van der Waals surface area contributed by atoms with Crippen LogP contribution < -0.4 is 0 Å². The van der Waals surface area contributed by atoms with Gasteiger partial charge < -0.3 is 9.84 Å². The average molecular weight is 339 g/mol. The van der Waals surface area contributed by atoms with Crippen molar-refractivity contribution < 1.29 is 9.84 Å². The van der Waals surface area contributed by atoms with Crippen molar-refractivity contribution in [2.45, 2.75) is 38.4 Å². The molecular weight excluding hydrogens is 316 g/mol. The van der Waals surface area contributed by atoms with Crippen LogP contribution in [0.3, 0.4) is 0 Å². The predicted octanol–water partition coefficient (Wildman–Crippen LogP) is 4.03. The van der Waals surface area contributed by atoms with Crippen molar-refractivity contribution in [2.24, 2.45) is 5.92 Å². The third-order valence-corrected chi connectivity index (χ3v) is 5.77. The first-order valence-electron chi connectivity index (χ1n) is 7.06. The van der Waals surface area contributed by atoms with Crippen molar-refractivity contribution >= 4 is 21.5 Å². The van der Waals surface area contributed by atoms with Crippen molar-refractivity contribution in [1.29, 1.82) is 0 Å². The SMILES string of the molecule is CO[C@](C)(CBr)[C@@H]1CC(c2ccccc2)=C(C)[C@H](O)C1. The van der Waals surface area contributed by atoms with E-state index >= 15 is 0 Å². The molecule has 2 rings (SSSR count). The second-order valence-electron chi connectivity index (χ2n) is 5.83. The van der Waals surface area contributed by atoms with E-state index in [1.165, 1.54) is 11.1 Å². The van der Waals surface area contributed by atoms with E-state index in [2.05, 4.69) is 35.0 Å². The van der Waals surface area contributed by atoms with E-state index in [1.807, 2.05) is 25.1 Å². The summed E-state index contributed by atoms with van der Waals surface area (Å²) in [6.45, 7) is 4.16. The fraction of sp³-hybridized carbons (Fsp3) is 0.529. The topological polar surface area (TPSA) is 29.5 Å². The van der Waals surface area contributed by atoms with Gasteiger partial charge in [-0.3, -0.25) is 0 Å². The number of ether oxygens (including phenoxy) is 1. The Morgan fingerprint density at radius 3 is 2.55 bits per heavy atom. The molecule has 0 spiro atoms. The number of aliphatic hydroxyl groups excluding tert-OH is 1.